The topological polar surface area (TPSA) is 81.4 Å². The van der Waals surface area contributed by atoms with Gasteiger partial charge in [-0.2, -0.15) is 0 Å². The number of imidazole rings is 1. The monoisotopic (exact) mass is 416 g/mol. The normalized spacial score (nSPS) is 12.2. The zero-order valence-corrected chi connectivity index (χ0v) is 18.2. The number of aromatic nitrogens is 6. The Morgan fingerprint density at radius 2 is 1.77 bits per heavy atom. The first-order chi connectivity index (χ1) is 15.1. The highest BCUT2D eigenvalue weighted by Gasteiger charge is 2.15. The summed E-state index contributed by atoms with van der Waals surface area (Å²) in [5, 5.41) is 14.3. The minimum absolute atomic E-state index is 0.0741. The molecule has 0 fully saturated rings. The number of H-pyrrole nitrogens is 1. The number of benzene rings is 2. The van der Waals surface area contributed by atoms with E-state index in [1.165, 1.54) is 0 Å². The molecule has 0 saturated heterocycles. The van der Waals surface area contributed by atoms with E-state index in [0.717, 1.165) is 47.2 Å². The molecule has 0 amide bonds. The predicted octanol–water partition coefficient (Wildman–Crippen LogP) is 4.47. The fraction of sp³-hybridized carbons (Fsp3) is 0.333. The Labute approximate surface area is 181 Å². The van der Waals surface area contributed by atoms with Crippen molar-refractivity contribution in [2.24, 2.45) is 0 Å². The molecule has 0 spiro atoms. The van der Waals surface area contributed by atoms with Crippen LogP contribution in [0.3, 0.4) is 0 Å². The van der Waals surface area contributed by atoms with Crippen LogP contribution in [0.25, 0.3) is 22.5 Å². The average Bonchev–Trinajstić information content (AvgIpc) is 3.44. The van der Waals surface area contributed by atoms with E-state index in [2.05, 4.69) is 71.7 Å². The number of nitrogens with one attached hydrogen (secondary N) is 1. The van der Waals surface area contributed by atoms with Gasteiger partial charge < -0.3 is 0 Å². The molecule has 0 saturated carbocycles. The predicted molar refractivity (Wildman–Crippen MR) is 122 cm³/mol. The van der Waals surface area contributed by atoms with E-state index in [-0.39, 0.29) is 11.7 Å². The van der Waals surface area contributed by atoms with Crippen molar-refractivity contribution in [1.82, 2.24) is 29.8 Å². The van der Waals surface area contributed by atoms with Crippen molar-refractivity contribution in [2.75, 3.05) is 0 Å². The van der Waals surface area contributed by atoms with E-state index < -0.39 is 0 Å². The smallest absolute Gasteiger partial charge is 0.296 e. The Hall–Kier alpha value is -3.48. The summed E-state index contributed by atoms with van der Waals surface area (Å²) < 4.78 is 3.79. The zero-order valence-electron chi connectivity index (χ0n) is 18.2. The molecule has 2 aromatic heterocycles. The highest BCUT2D eigenvalue weighted by Crippen LogP contribution is 2.29. The third kappa shape index (κ3) is 4.21. The van der Waals surface area contributed by atoms with Crippen LogP contribution in [0.4, 0.5) is 0 Å². The Kier molecular flexibility index (Phi) is 6.11. The van der Waals surface area contributed by atoms with Crippen LogP contribution >= 0.6 is 0 Å². The number of aryl methyl sites for hydroxylation is 1. The van der Waals surface area contributed by atoms with Crippen molar-refractivity contribution in [3.05, 3.63) is 76.5 Å². The molecule has 0 radical (unpaired) electrons. The summed E-state index contributed by atoms with van der Waals surface area (Å²) in [5.41, 5.74) is 5.36. The molecular weight excluding hydrogens is 388 g/mol. The molecule has 0 bridgehead atoms. The number of hydrogen-bond donors (Lipinski definition) is 1. The van der Waals surface area contributed by atoms with Crippen molar-refractivity contribution >= 4 is 0 Å². The summed E-state index contributed by atoms with van der Waals surface area (Å²) in [6, 6.07) is 16.6. The number of rotatable bonds is 8. The van der Waals surface area contributed by atoms with E-state index in [9.17, 15) is 4.79 Å². The first-order valence-corrected chi connectivity index (χ1v) is 10.8. The summed E-state index contributed by atoms with van der Waals surface area (Å²) >= 11 is 0. The van der Waals surface area contributed by atoms with Crippen LogP contribution in [0.5, 0.6) is 0 Å². The molecule has 0 aliphatic carbocycles. The van der Waals surface area contributed by atoms with Crippen molar-refractivity contribution in [2.45, 2.75) is 52.6 Å². The second kappa shape index (κ2) is 9.12. The number of tetrazole rings is 1. The maximum Gasteiger partial charge on any atom is 0.328 e. The largest absolute Gasteiger partial charge is 0.328 e. The molecule has 0 aliphatic rings. The van der Waals surface area contributed by atoms with E-state index in [1.807, 2.05) is 33.5 Å². The van der Waals surface area contributed by atoms with Crippen LogP contribution in [-0.4, -0.2) is 29.8 Å². The van der Waals surface area contributed by atoms with Gasteiger partial charge in [-0.15, -0.1) is 5.10 Å². The molecule has 2 heterocycles. The van der Waals surface area contributed by atoms with Gasteiger partial charge in [-0.25, -0.2) is 9.89 Å². The van der Waals surface area contributed by atoms with Gasteiger partial charge in [-0.1, -0.05) is 68.8 Å². The lowest BCUT2D eigenvalue weighted by Gasteiger charge is -2.10. The minimum atomic E-state index is 0.0741. The Bertz CT molecular complexity index is 1190. The molecule has 7 nitrogen and oxygen atoms in total. The SMILES string of the molecule is CCCc1cn(C(C)CC)c(=O)n1Cc1ccc(-c2ccccc2-c2nnn[nH]2)cc1. The molecule has 160 valence electrons. The molecular formula is C24H28N6O. The molecule has 31 heavy (non-hydrogen) atoms. The van der Waals surface area contributed by atoms with Gasteiger partial charge in [0, 0.05) is 23.5 Å². The van der Waals surface area contributed by atoms with E-state index >= 15 is 0 Å². The molecule has 1 unspecified atom stereocenters. The van der Waals surface area contributed by atoms with Crippen LogP contribution in [-0.2, 0) is 13.0 Å². The number of aromatic amines is 1. The lowest BCUT2D eigenvalue weighted by molar-refractivity contribution is 0.504. The van der Waals surface area contributed by atoms with Crippen molar-refractivity contribution in [3.8, 4) is 22.5 Å². The van der Waals surface area contributed by atoms with Gasteiger partial charge in [0.2, 0.25) is 0 Å². The van der Waals surface area contributed by atoms with Gasteiger partial charge in [0.15, 0.2) is 5.82 Å². The summed E-state index contributed by atoms with van der Waals surface area (Å²) in [7, 11) is 0. The Morgan fingerprint density at radius 1 is 1.03 bits per heavy atom. The van der Waals surface area contributed by atoms with Gasteiger partial charge in [0.1, 0.15) is 0 Å². The van der Waals surface area contributed by atoms with Crippen LogP contribution in [0.15, 0.2) is 59.5 Å². The van der Waals surface area contributed by atoms with Crippen LogP contribution in [0, 0.1) is 0 Å². The zero-order chi connectivity index (χ0) is 21.8. The van der Waals surface area contributed by atoms with E-state index in [0.29, 0.717) is 12.4 Å². The fourth-order valence-corrected chi connectivity index (χ4v) is 3.87. The lowest BCUT2D eigenvalue weighted by Crippen LogP contribution is -2.27. The highest BCUT2D eigenvalue weighted by atomic mass is 16.1. The molecule has 2 aromatic carbocycles. The second-order valence-corrected chi connectivity index (χ2v) is 7.90. The van der Waals surface area contributed by atoms with Crippen LogP contribution in [0.1, 0.15) is 50.9 Å². The number of nitrogens with zero attached hydrogens (tertiary/aromatic N) is 5. The molecule has 4 aromatic rings. The Balaban J connectivity index is 1.64. The summed E-state index contributed by atoms with van der Waals surface area (Å²) in [5.74, 6) is 0.641. The quantitative estimate of drug-likeness (QED) is 0.459. The van der Waals surface area contributed by atoms with Gasteiger partial charge in [-0.05, 0) is 46.9 Å². The van der Waals surface area contributed by atoms with Crippen molar-refractivity contribution in [3.63, 3.8) is 0 Å². The van der Waals surface area contributed by atoms with E-state index in [4.69, 9.17) is 0 Å². The summed E-state index contributed by atoms with van der Waals surface area (Å²) in [6.07, 6.45) is 4.88. The maximum atomic E-state index is 13.0. The molecule has 1 N–H and O–H groups in total. The van der Waals surface area contributed by atoms with Gasteiger partial charge in [0.05, 0.1) is 6.54 Å². The first kappa shape index (κ1) is 20.8. The standard InChI is InChI=1S/C24H28N6O/c1-4-8-20-16-29(17(3)5-2)24(31)30(20)15-18-11-13-19(14-12-18)21-9-6-7-10-22(21)23-25-27-28-26-23/h6-7,9-14,16-17H,4-5,8,15H2,1-3H3,(H,25,26,27,28). The average molecular weight is 417 g/mol. The van der Waals surface area contributed by atoms with Crippen LogP contribution < -0.4 is 5.69 Å². The summed E-state index contributed by atoms with van der Waals surface area (Å²) in [6.45, 7) is 6.92. The van der Waals surface area contributed by atoms with Gasteiger partial charge in [-0.3, -0.25) is 9.13 Å². The molecule has 4 rings (SSSR count). The maximum absolute atomic E-state index is 13.0. The Morgan fingerprint density at radius 3 is 2.42 bits per heavy atom. The fourth-order valence-electron chi connectivity index (χ4n) is 3.87. The van der Waals surface area contributed by atoms with Crippen molar-refractivity contribution < 1.29 is 0 Å². The third-order valence-electron chi connectivity index (χ3n) is 5.79. The molecule has 7 heteroatoms. The minimum Gasteiger partial charge on any atom is -0.296 e. The molecule has 1 atom stereocenters. The third-order valence-corrected chi connectivity index (χ3v) is 5.79. The molecule has 0 aliphatic heterocycles. The van der Waals surface area contributed by atoms with E-state index in [1.54, 1.807) is 0 Å². The van der Waals surface area contributed by atoms with Gasteiger partial charge in [0.25, 0.3) is 0 Å². The second-order valence-electron chi connectivity index (χ2n) is 7.90. The lowest BCUT2D eigenvalue weighted by atomic mass is 9.98. The van der Waals surface area contributed by atoms with Crippen LogP contribution in [0.2, 0.25) is 0 Å². The van der Waals surface area contributed by atoms with Gasteiger partial charge >= 0.3 is 5.69 Å². The van der Waals surface area contributed by atoms with Crippen molar-refractivity contribution in [1.29, 1.82) is 0 Å². The highest BCUT2D eigenvalue weighted by molar-refractivity contribution is 5.80. The summed E-state index contributed by atoms with van der Waals surface area (Å²) in [4.78, 5) is 13.0. The first-order valence-electron chi connectivity index (χ1n) is 10.8. The number of hydrogen-bond acceptors (Lipinski definition) is 4.